The Labute approximate surface area is 195 Å². The number of nitrogens with zero attached hydrogens (tertiary/aromatic N) is 1. The monoisotopic (exact) mass is 497 g/mol. The van der Waals surface area contributed by atoms with Crippen molar-refractivity contribution in [1.29, 1.82) is 0 Å². The summed E-state index contributed by atoms with van der Waals surface area (Å²) in [4.78, 5) is 28.4. The zero-order valence-electron chi connectivity index (χ0n) is 17.7. The third-order valence-electron chi connectivity index (χ3n) is 4.40. The average Bonchev–Trinajstić information content (AvgIpc) is 3.26. The van der Waals surface area contributed by atoms with E-state index in [0.717, 1.165) is 17.7 Å². The van der Waals surface area contributed by atoms with E-state index in [4.69, 9.17) is 4.74 Å². The summed E-state index contributed by atoms with van der Waals surface area (Å²) >= 11 is 1.17. The molecule has 0 aliphatic carbocycles. The van der Waals surface area contributed by atoms with Gasteiger partial charge in [-0.3, -0.25) is 9.59 Å². The Bertz CT molecular complexity index is 1150. The average molecular weight is 497 g/mol. The van der Waals surface area contributed by atoms with Crippen LogP contribution in [-0.4, -0.2) is 29.8 Å². The van der Waals surface area contributed by atoms with E-state index >= 15 is 0 Å². The highest BCUT2D eigenvalue weighted by atomic mass is 32.1. The molecular formula is C22H19F4N3O4S. The van der Waals surface area contributed by atoms with E-state index < -0.39 is 29.7 Å². The number of aromatic nitrogens is 1. The largest absolute Gasteiger partial charge is 0.573 e. The Kier molecular flexibility index (Phi) is 8.05. The van der Waals surface area contributed by atoms with Crippen LogP contribution in [0.2, 0.25) is 0 Å². The molecule has 3 rings (SSSR count). The molecule has 0 bridgehead atoms. The molecular weight excluding hydrogens is 478 g/mol. The summed E-state index contributed by atoms with van der Waals surface area (Å²) in [5.41, 5.74) is 1.66. The molecule has 0 spiro atoms. The van der Waals surface area contributed by atoms with E-state index in [0.29, 0.717) is 10.6 Å². The van der Waals surface area contributed by atoms with Crippen LogP contribution >= 0.6 is 11.3 Å². The summed E-state index contributed by atoms with van der Waals surface area (Å²) < 4.78 is 58.8. The number of carbonyl (C=O) groups is 2. The minimum atomic E-state index is -4.79. The van der Waals surface area contributed by atoms with Crippen LogP contribution in [0.1, 0.15) is 26.6 Å². The molecule has 2 amide bonds. The zero-order chi connectivity index (χ0) is 24.7. The molecule has 2 N–H and O–H groups in total. The number of hydrogen-bond donors (Lipinski definition) is 2. The molecule has 0 unspecified atom stereocenters. The van der Waals surface area contributed by atoms with Gasteiger partial charge in [-0.05, 0) is 54.4 Å². The first-order chi connectivity index (χ1) is 16.1. The smallest absolute Gasteiger partial charge is 0.484 e. The lowest BCUT2D eigenvalue weighted by molar-refractivity contribution is -0.274. The minimum absolute atomic E-state index is 0.0570. The highest BCUT2D eigenvalue weighted by Crippen LogP contribution is 2.24. The summed E-state index contributed by atoms with van der Waals surface area (Å²) in [7, 11) is 0. The molecule has 0 radical (unpaired) electrons. The van der Waals surface area contributed by atoms with Crippen molar-refractivity contribution < 1.29 is 36.6 Å². The molecule has 0 saturated heterocycles. The van der Waals surface area contributed by atoms with Crippen molar-refractivity contribution in [1.82, 2.24) is 15.6 Å². The molecule has 0 saturated carbocycles. The standard InChI is InChI=1S/C22H19F4N3O4S/c1-13-2-3-15(23)8-14(13)9-28-21(31)18-12-34-20(29-18)10-27-19(30)11-32-16-4-6-17(7-5-16)33-22(24,25)26/h2-8,12H,9-11H2,1H3,(H,27,30)(H,28,31). The van der Waals surface area contributed by atoms with Crippen LogP contribution in [0.15, 0.2) is 47.8 Å². The van der Waals surface area contributed by atoms with Gasteiger partial charge in [-0.2, -0.15) is 0 Å². The molecule has 0 fully saturated rings. The Morgan fingerprint density at radius 2 is 1.74 bits per heavy atom. The van der Waals surface area contributed by atoms with Gasteiger partial charge in [0.05, 0.1) is 6.54 Å². The number of halogens is 4. The predicted octanol–water partition coefficient (Wildman–Crippen LogP) is 4.11. The van der Waals surface area contributed by atoms with Gasteiger partial charge in [-0.1, -0.05) is 6.07 Å². The van der Waals surface area contributed by atoms with E-state index in [1.807, 2.05) is 6.92 Å². The van der Waals surface area contributed by atoms with Crippen molar-refractivity contribution in [2.45, 2.75) is 26.4 Å². The Morgan fingerprint density at radius 3 is 2.44 bits per heavy atom. The summed E-state index contributed by atoms with van der Waals surface area (Å²) in [6.07, 6.45) is -4.79. The first kappa shape index (κ1) is 25.0. The van der Waals surface area contributed by atoms with Crippen molar-refractivity contribution in [3.8, 4) is 11.5 Å². The van der Waals surface area contributed by atoms with Gasteiger partial charge in [-0.15, -0.1) is 24.5 Å². The lowest BCUT2D eigenvalue weighted by atomic mass is 10.1. The number of alkyl halides is 3. The fourth-order valence-electron chi connectivity index (χ4n) is 2.70. The van der Waals surface area contributed by atoms with E-state index in [1.165, 1.54) is 41.0 Å². The molecule has 12 heteroatoms. The van der Waals surface area contributed by atoms with Crippen LogP contribution in [-0.2, 0) is 17.9 Å². The third-order valence-corrected chi connectivity index (χ3v) is 5.25. The SMILES string of the molecule is Cc1ccc(F)cc1CNC(=O)c1csc(CNC(=O)COc2ccc(OC(F)(F)F)cc2)n1. The number of thiazole rings is 1. The summed E-state index contributed by atoms with van der Waals surface area (Å²) in [5.74, 6) is -1.53. The highest BCUT2D eigenvalue weighted by Gasteiger charge is 2.31. The lowest BCUT2D eigenvalue weighted by Crippen LogP contribution is -2.28. The second-order valence-electron chi connectivity index (χ2n) is 6.96. The Balaban J connectivity index is 1.42. The molecule has 7 nitrogen and oxygen atoms in total. The van der Waals surface area contributed by atoms with Crippen molar-refractivity contribution >= 4 is 23.2 Å². The molecule has 3 aromatic rings. The normalized spacial score (nSPS) is 11.1. The second-order valence-corrected chi connectivity index (χ2v) is 7.91. The quantitative estimate of drug-likeness (QED) is 0.435. The van der Waals surface area contributed by atoms with Gasteiger partial charge in [0.2, 0.25) is 0 Å². The molecule has 1 heterocycles. The van der Waals surface area contributed by atoms with Crippen LogP contribution in [0.3, 0.4) is 0 Å². The van der Waals surface area contributed by atoms with Crippen molar-refractivity contribution in [2.75, 3.05) is 6.61 Å². The number of aryl methyl sites for hydroxylation is 1. The van der Waals surface area contributed by atoms with Gasteiger partial charge < -0.3 is 20.1 Å². The van der Waals surface area contributed by atoms with Gasteiger partial charge >= 0.3 is 6.36 Å². The molecule has 180 valence electrons. The molecule has 0 aliphatic rings. The van der Waals surface area contributed by atoms with Gasteiger partial charge in [0, 0.05) is 11.9 Å². The number of benzene rings is 2. The van der Waals surface area contributed by atoms with Crippen LogP contribution in [0.5, 0.6) is 11.5 Å². The predicted molar refractivity (Wildman–Crippen MR) is 115 cm³/mol. The lowest BCUT2D eigenvalue weighted by Gasteiger charge is -2.10. The number of amides is 2. The van der Waals surface area contributed by atoms with Crippen molar-refractivity contribution in [3.63, 3.8) is 0 Å². The third kappa shape index (κ3) is 7.73. The first-order valence-electron chi connectivity index (χ1n) is 9.82. The van der Waals surface area contributed by atoms with Gasteiger partial charge in [0.25, 0.3) is 11.8 Å². The highest BCUT2D eigenvalue weighted by molar-refractivity contribution is 7.09. The first-order valence-corrected chi connectivity index (χ1v) is 10.7. The maximum absolute atomic E-state index is 13.4. The molecule has 2 aromatic carbocycles. The molecule has 34 heavy (non-hydrogen) atoms. The van der Waals surface area contributed by atoms with Gasteiger partial charge in [0.1, 0.15) is 28.0 Å². The Hall–Kier alpha value is -3.67. The number of hydrogen-bond acceptors (Lipinski definition) is 6. The molecule has 0 aliphatic heterocycles. The van der Waals surface area contributed by atoms with Crippen LogP contribution in [0, 0.1) is 12.7 Å². The zero-order valence-corrected chi connectivity index (χ0v) is 18.6. The summed E-state index contributed by atoms with van der Waals surface area (Å²) in [6.45, 7) is 1.64. The number of ether oxygens (including phenoxy) is 2. The number of nitrogens with one attached hydrogen (secondary N) is 2. The Morgan fingerprint density at radius 1 is 1.03 bits per heavy atom. The summed E-state index contributed by atoms with van der Waals surface area (Å²) in [5, 5.41) is 7.27. The summed E-state index contributed by atoms with van der Waals surface area (Å²) in [6, 6.07) is 8.94. The molecule has 0 atom stereocenters. The van der Waals surface area contributed by atoms with Crippen molar-refractivity contribution in [3.05, 3.63) is 75.5 Å². The van der Waals surface area contributed by atoms with Crippen LogP contribution in [0.4, 0.5) is 17.6 Å². The number of carbonyl (C=O) groups excluding carboxylic acids is 2. The fourth-order valence-corrected chi connectivity index (χ4v) is 3.42. The molecule has 1 aromatic heterocycles. The van der Waals surface area contributed by atoms with E-state index in [9.17, 15) is 27.2 Å². The van der Waals surface area contributed by atoms with Crippen LogP contribution in [0.25, 0.3) is 0 Å². The maximum atomic E-state index is 13.4. The van der Waals surface area contributed by atoms with Crippen LogP contribution < -0.4 is 20.1 Å². The minimum Gasteiger partial charge on any atom is -0.484 e. The van der Waals surface area contributed by atoms with E-state index in [-0.39, 0.29) is 31.1 Å². The van der Waals surface area contributed by atoms with Crippen molar-refractivity contribution in [2.24, 2.45) is 0 Å². The van der Waals surface area contributed by atoms with Gasteiger partial charge in [0.15, 0.2) is 6.61 Å². The van der Waals surface area contributed by atoms with E-state index in [2.05, 4.69) is 20.4 Å². The number of rotatable bonds is 9. The maximum Gasteiger partial charge on any atom is 0.573 e. The van der Waals surface area contributed by atoms with Gasteiger partial charge in [-0.25, -0.2) is 9.37 Å². The topological polar surface area (TPSA) is 89.6 Å². The second kappa shape index (κ2) is 11.0. The van der Waals surface area contributed by atoms with E-state index in [1.54, 1.807) is 6.07 Å². The fraction of sp³-hybridized carbons (Fsp3) is 0.227.